The highest BCUT2D eigenvalue weighted by atomic mass is 16.2. The van der Waals surface area contributed by atoms with Crippen LogP contribution in [-0.2, 0) is 9.59 Å². The first-order valence-corrected chi connectivity index (χ1v) is 11.1. The molecule has 5 nitrogen and oxygen atoms in total. The normalized spacial score (nSPS) is 17.8. The minimum absolute atomic E-state index is 0.211. The predicted molar refractivity (Wildman–Crippen MR) is 125 cm³/mol. The molecule has 162 valence electrons. The van der Waals surface area contributed by atoms with Crippen molar-refractivity contribution in [2.75, 3.05) is 37.6 Å². The largest absolute Gasteiger partial charge is 0.364 e. The van der Waals surface area contributed by atoms with E-state index in [1.54, 1.807) is 0 Å². The lowest BCUT2D eigenvalue weighted by molar-refractivity contribution is -0.120. The molecular formula is C26H31N3O2. The summed E-state index contributed by atoms with van der Waals surface area (Å²) in [5.41, 5.74) is 6.81. The van der Waals surface area contributed by atoms with Gasteiger partial charge in [-0.1, -0.05) is 37.3 Å². The standard InChI is InChI=1S/C26H31N3O2/c1-6-27-11-13-28(14-12-27)24-23(21-10-9-18(3)20(5)16-21)25(30)29(26(24)31)22-15-17(2)7-8-19(22)4/h7-10,15-16H,6,11-14H2,1-5H3. The zero-order valence-corrected chi connectivity index (χ0v) is 19.2. The number of hydrogen-bond donors (Lipinski definition) is 0. The van der Waals surface area contributed by atoms with Crippen LogP contribution in [0.4, 0.5) is 5.69 Å². The van der Waals surface area contributed by atoms with Crippen molar-refractivity contribution >= 4 is 23.1 Å². The van der Waals surface area contributed by atoms with E-state index in [0.29, 0.717) is 17.0 Å². The predicted octanol–water partition coefficient (Wildman–Crippen LogP) is 3.84. The smallest absolute Gasteiger partial charge is 0.282 e. The van der Waals surface area contributed by atoms with Crippen LogP contribution in [0.25, 0.3) is 5.57 Å². The Balaban J connectivity index is 1.83. The summed E-state index contributed by atoms with van der Waals surface area (Å²) in [7, 11) is 0. The zero-order chi connectivity index (χ0) is 22.3. The molecule has 2 aromatic rings. The molecule has 2 aliphatic rings. The van der Waals surface area contributed by atoms with Gasteiger partial charge in [0, 0.05) is 26.2 Å². The molecule has 2 aliphatic heterocycles. The van der Waals surface area contributed by atoms with E-state index >= 15 is 0 Å². The fourth-order valence-electron chi connectivity index (χ4n) is 4.44. The Morgan fingerprint density at radius 3 is 2.10 bits per heavy atom. The van der Waals surface area contributed by atoms with Gasteiger partial charge in [0.05, 0.1) is 11.3 Å². The molecular weight excluding hydrogens is 386 g/mol. The van der Waals surface area contributed by atoms with Gasteiger partial charge in [-0.25, -0.2) is 4.90 Å². The van der Waals surface area contributed by atoms with Crippen molar-refractivity contribution in [3.8, 4) is 0 Å². The Bertz CT molecular complexity index is 1080. The number of rotatable bonds is 4. The molecule has 0 bridgehead atoms. The van der Waals surface area contributed by atoms with Gasteiger partial charge in [-0.2, -0.15) is 0 Å². The summed E-state index contributed by atoms with van der Waals surface area (Å²) >= 11 is 0. The minimum atomic E-state index is -0.227. The molecule has 0 aromatic heterocycles. The Morgan fingerprint density at radius 1 is 0.774 bits per heavy atom. The van der Waals surface area contributed by atoms with Crippen LogP contribution in [0.5, 0.6) is 0 Å². The maximum Gasteiger partial charge on any atom is 0.282 e. The van der Waals surface area contributed by atoms with Gasteiger partial charge in [-0.15, -0.1) is 0 Å². The third kappa shape index (κ3) is 3.79. The molecule has 31 heavy (non-hydrogen) atoms. The number of aryl methyl sites for hydroxylation is 4. The second-order valence-electron chi connectivity index (χ2n) is 8.68. The molecule has 0 atom stereocenters. The molecule has 5 heteroatoms. The molecule has 4 rings (SSSR count). The lowest BCUT2D eigenvalue weighted by Gasteiger charge is -2.36. The van der Waals surface area contributed by atoms with E-state index in [9.17, 15) is 9.59 Å². The molecule has 2 amide bonds. The van der Waals surface area contributed by atoms with E-state index in [1.165, 1.54) is 10.5 Å². The van der Waals surface area contributed by atoms with Crippen LogP contribution in [0.15, 0.2) is 42.1 Å². The summed E-state index contributed by atoms with van der Waals surface area (Å²) in [5.74, 6) is -0.438. The van der Waals surface area contributed by atoms with Crippen molar-refractivity contribution in [3.63, 3.8) is 0 Å². The van der Waals surface area contributed by atoms with Crippen LogP contribution in [0.1, 0.15) is 34.7 Å². The van der Waals surface area contributed by atoms with Gasteiger partial charge in [-0.05, 0) is 68.1 Å². The van der Waals surface area contributed by atoms with Gasteiger partial charge in [0.15, 0.2) is 0 Å². The summed E-state index contributed by atoms with van der Waals surface area (Å²) < 4.78 is 0. The SMILES string of the molecule is CCN1CCN(C2=C(c3ccc(C)c(C)c3)C(=O)N(c3cc(C)ccc3C)C2=O)CC1. The van der Waals surface area contributed by atoms with Crippen molar-refractivity contribution in [2.45, 2.75) is 34.6 Å². The number of amides is 2. The Hall–Kier alpha value is -2.92. The quantitative estimate of drug-likeness (QED) is 0.709. The van der Waals surface area contributed by atoms with E-state index < -0.39 is 0 Å². The third-order valence-corrected chi connectivity index (χ3v) is 6.60. The molecule has 2 heterocycles. The number of anilines is 1. The minimum Gasteiger partial charge on any atom is -0.364 e. The molecule has 0 N–H and O–H groups in total. The van der Waals surface area contributed by atoms with Gasteiger partial charge in [0.25, 0.3) is 11.8 Å². The first-order chi connectivity index (χ1) is 14.8. The Kier molecular flexibility index (Phi) is 5.71. The summed E-state index contributed by atoms with van der Waals surface area (Å²) in [6.07, 6.45) is 0. The number of nitrogens with zero attached hydrogens (tertiary/aromatic N) is 3. The van der Waals surface area contributed by atoms with Gasteiger partial charge in [-0.3, -0.25) is 9.59 Å². The number of hydrogen-bond acceptors (Lipinski definition) is 4. The van der Waals surface area contributed by atoms with Gasteiger partial charge < -0.3 is 9.80 Å². The highest BCUT2D eigenvalue weighted by Crippen LogP contribution is 2.37. The monoisotopic (exact) mass is 417 g/mol. The molecule has 2 aromatic carbocycles. The summed E-state index contributed by atoms with van der Waals surface area (Å²) in [4.78, 5) is 33.4. The average Bonchev–Trinajstić information content (AvgIpc) is 3.02. The van der Waals surface area contributed by atoms with E-state index in [0.717, 1.165) is 55.0 Å². The first-order valence-electron chi connectivity index (χ1n) is 11.1. The van der Waals surface area contributed by atoms with E-state index in [1.807, 2.05) is 57.2 Å². The van der Waals surface area contributed by atoms with Crippen molar-refractivity contribution < 1.29 is 9.59 Å². The summed E-state index contributed by atoms with van der Waals surface area (Å²) in [6.45, 7) is 14.5. The van der Waals surface area contributed by atoms with Gasteiger partial charge >= 0.3 is 0 Å². The van der Waals surface area contributed by atoms with Crippen LogP contribution in [0.3, 0.4) is 0 Å². The number of likely N-dealkylation sites (N-methyl/N-ethyl adjacent to an activating group) is 1. The van der Waals surface area contributed by atoms with Crippen LogP contribution < -0.4 is 4.90 Å². The second kappa shape index (κ2) is 8.31. The Labute approximate surface area is 184 Å². The zero-order valence-electron chi connectivity index (χ0n) is 19.2. The van der Waals surface area contributed by atoms with Crippen molar-refractivity contribution in [1.82, 2.24) is 9.80 Å². The molecule has 0 unspecified atom stereocenters. The average molecular weight is 418 g/mol. The maximum absolute atomic E-state index is 13.8. The number of carbonyl (C=O) groups is 2. The van der Waals surface area contributed by atoms with Gasteiger partial charge in [0.2, 0.25) is 0 Å². The van der Waals surface area contributed by atoms with Crippen LogP contribution >= 0.6 is 0 Å². The van der Waals surface area contributed by atoms with Crippen molar-refractivity contribution in [3.05, 3.63) is 69.9 Å². The second-order valence-corrected chi connectivity index (χ2v) is 8.68. The van der Waals surface area contributed by atoms with E-state index in [-0.39, 0.29) is 11.8 Å². The molecule has 1 saturated heterocycles. The van der Waals surface area contributed by atoms with E-state index in [4.69, 9.17) is 0 Å². The van der Waals surface area contributed by atoms with Gasteiger partial charge in [0.1, 0.15) is 5.70 Å². The van der Waals surface area contributed by atoms with Crippen LogP contribution in [0, 0.1) is 27.7 Å². The number of carbonyl (C=O) groups excluding carboxylic acids is 2. The van der Waals surface area contributed by atoms with Crippen molar-refractivity contribution in [1.29, 1.82) is 0 Å². The van der Waals surface area contributed by atoms with Crippen LogP contribution in [-0.4, -0.2) is 54.3 Å². The summed E-state index contributed by atoms with van der Waals surface area (Å²) in [5, 5.41) is 0. The van der Waals surface area contributed by atoms with Crippen LogP contribution in [0.2, 0.25) is 0 Å². The number of imide groups is 1. The van der Waals surface area contributed by atoms with Crippen molar-refractivity contribution in [2.24, 2.45) is 0 Å². The molecule has 0 aliphatic carbocycles. The lowest BCUT2D eigenvalue weighted by Crippen LogP contribution is -2.47. The molecule has 0 radical (unpaired) electrons. The molecule has 0 saturated carbocycles. The fraction of sp³-hybridized carbons (Fsp3) is 0.385. The lowest BCUT2D eigenvalue weighted by atomic mass is 9.99. The summed E-state index contributed by atoms with van der Waals surface area (Å²) in [6, 6.07) is 11.9. The fourth-order valence-corrected chi connectivity index (χ4v) is 4.44. The topological polar surface area (TPSA) is 43.9 Å². The molecule has 1 fully saturated rings. The first kappa shape index (κ1) is 21.3. The third-order valence-electron chi connectivity index (χ3n) is 6.60. The highest BCUT2D eigenvalue weighted by molar-refractivity contribution is 6.45. The number of piperazine rings is 1. The number of benzene rings is 2. The maximum atomic E-state index is 13.8. The highest BCUT2D eigenvalue weighted by Gasteiger charge is 2.43. The molecule has 0 spiro atoms. The Morgan fingerprint density at radius 2 is 1.45 bits per heavy atom. The van der Waals surface area contributed by atoms with E-state index in [2.05, 4.69) is 23.6 Å².